The number of rotatable bonds is 1. The van der Waals surface area contributed by atoms with Gasteiger partial charge in [0, 0.05) is 17.2 Å². The van der Waals surface area contributed by atoms with Crippen molar-refractivity contribution in [3.05, 3.63) is 39.8 Å². The summed E-state index contributed by atoms with van der Waals surface area (Å²) in [5.41, 5.74) is 3.98. The van der Waals surface area contributed by atoms with E-state index in [1.54, 1.807) is 11.3 Å². The van der Waals surface area contributed by atoms with E-state index in [9.17, 15) is 4.79 Å². The second-order valence-corrected chi connectivity index (χ2v) is 8.12. The Labute approximate surface area is 144 Å². The summed E-state index contributed by atoms with van der Waals surface area (Å²) in [6.07, 6.45) is 4.00. The van der Waals surface area contributed by atoms with E-state index in [2.05, 4.69) is 18.3 Å². The highest BCUT2D eigenvalue weighted by Gasteiger charge is 2.34. The largest absolute Gasteiger partial charge is 0.454 e. The van der Waals surface area contributed by atoms with E-state index in [0.29, 0.717) is 6.42 Å². The van der Waals surface area contributed by atoms with Gasteiger partial charge in [-0.15, -0.1) is 11.3 Å². The third-order valence-corrected chi connectivity index (χ3v) is 6.53. The first kappa shape index (κ1) is 14.3. The van der Waals surface area contributed by atoms with Gasteiger partial charge in [-0.05, 0) is 54.0 Å². The van der Waals surface area contributed by atoms with E-state index in [1.165, 1.54) is 22.4 Å². The summed E-state index contributed by atoms with van der Waals surface area (Å²) in [6, 6.07) is 6.09. The van der Waals surface area contributed by atoms with Gasteiger partial charge in [0.1, 0.15) is 0 Å². The molecule has 2 aliphatic heterocycles. The monoisotopic (exact) mass is 341 g/mol. The summed E-state index contributed by atoms with van der Waals surface area (Å²) in [6.45, 7) is 2.59. The van der Waals surface area contributed by atoms with Crippen LogP contribution in [0.2, 0.25) is 0 Å². The van der Waals surface area contributed by atoms with Gasteiger partial charge >= 0.3 is 0 Å². The van der Waals surface area contributed by atoms with Gasteiger partial charge < -0.3 is 14.8 Å². The molecule has 24 heavy (non-hydrogen) atoms. The highest BCUT2D eigenvalue weighted by molar-refractivity contribution is 7.16. The second kappa shape index (κ2) is 5.24. The van der Waals surface area contributed by atoms with Crippen LogP contribution in [0.5, 0.6) is 11.5 Å². The molecule has 0 spiro atoms. The second-order valence-electron chi connectivity index (χ2n) is 7.01. The number of thiophene rings is 1. The van der Waals surface area contributed by atoms with E-state index in [1.807, 2.05) is 12.1 Å². The molecule has 0 fully saturated rings. The maximum absolute atomic E-state index is 12.3. The maximum Gasteiger partial charge on any atom is 0.231 e. The van der Waals surface area contributed by atoms with Crippen molar-refractivity contribution in [3.8, 4) is 11.5 Å². The van der Waals surface area contributed by atoms with Crippen molar-refractivity contribution < 1.29 is 14.3 Å². The highest BCUT2D eigenvalue weighted by atomic mass is 32.1. The third kappa shape index (κ3) is 2.14. The van der Waals surface area contributed by atoms with Crippen LogP contribution in [0.4, 0.5) is 5.00 Å². The lowest BCUT2D eigenvalue weighted by atomic mass is 9.80. The molecule has 2 aromatic rings. The minimum atomic E-state index is 0.108. The minimum Gasteiger partial charge on any atom is -0.454 e. The Balaban J connectivity index is 1.62. The molecule has 0 radical (unpaired) electrons. The number of anilines is 1. The molecule has 0 unspecified atom stereocenters. The Kier molecular flexibility index (Phi) is 3.13. The molecule has 1 N–H and O–H groups in total. The van der Waals surface area contributed by atoms with Crippen LogP contribution >= 0.6 is 11.3 Å². The first-order chi connectivity index (χ1) is 11.7. The Morgan fingerprint density at radius 2 is 2.08 bits per heavy atom. The Morgan fingerprint density at radius 3 is 3.00 bits per heavy atom. The molecule has 1 aromatic heterocycles. The number of benzene rings is 1. The van der Waals surface area contributed by atoms with E-state index < -0.39 is 0 Å². The number of ether oxygens (including phenoxy) is 2. The Hall–Kier alpha value is -2.01. The highest BCUT2D eigenvalue weighted by Crippen LogP contribution is 2.49. The maximum atomic E-state index is 12.3. The molecule has 5 heteroatoms. The van der Waals surface area contributed by atoms with Gasteiger partial charge in [0.25, 0.3) is 0 Å². The number of carbonyl (C=O) groups excluding carboxylic acids is 1. The van der Waals surface area contributed by atoms with Crippen LogP contribution in [0, 0.1) is 5.92 Å². The molecule has 2 atom stereocenters. The zero-order valence-electron chi connectivity index (χ0n) is 13.6. The number of fused-ring (bicyclic) bond motifs is 4. The molecule has 1 aromatic carbocycles. The van der Waals surface area contributed by atoms with E-state index in [-0.39, 0.29) is 18.6 Å². The summed E-state index contributed by atoms with van der Waals surface area (Å²) in [5.74, 6) is 2.55. The summed E-state index contributed by atoms with van der Waals surface area (Å²) in [7, 11) is 0. The van der Waals surface area contributed by atoms with Crippen molar-refractivity contribution in [3.63, 3.8) is 0 Å². The fourth-order valence-corrected chi connectivity index (χ4v) is 5.61. The van der Waals surface area contributed by atoms with Crippen LogP contribution in [-0.4, -0.2) is 12.7 Å². The van der Waals surface area contributed by atoms with Gasteiger partial charge in [0.2, 0.25) is 12.7 Å². The zero-order valence-corrected chi connectivity index (χ0v) is 14.4. The standard InChI is InChI=1S/C19H19NO3S/c1-10-2-4-12-16(6-10)24-19-18(12)13(8-17(21)20-19)11-3-5-14-15(7-11)23-9-22-14/h3,5,7,10,13H,2,4,6,8-9H2,1H3,(H,20,21)/t10-,13+/m1/s1. The summed E-state index contributed by atoms with van der Waals surface area (Å²) in [4.78, 5) is 13.7. The van der Waals surface area contributed by atoms with Crippen LogP contribution < -0.4 is 14.8 Å². The van der Waals surface area contributed by atoms with Crippen LogP contribution in [0.1, 0.15) is 47.3 Å². The van der Waals surface area contributed by atoms with E-state index in [4.69, 9.17) is 9.47 Å². The minimum absolute atomic E-state index is 0.108. The predicted molar refractivity (Wildman–Crippen MR) is 93.2 cm³/mol. The molecule has 0 saturated carbocycles. The van der Waals surface area contributed by atoms with Gasteiger partial charge in [-0.1, -0.05) is 13.0 Å². The third-order valence-electron chi connectivity index (χ3n) is 5.34. The molecule has 1 amide bonds. The van der Waals surface area contributed by atoms with Crippen molar-refractivity contribution in [2.45, 2.75) is 38.5 Å². The number of nitrogens with one attached hydrogen (secondary N) is 1. The van der Waals surface area contributed by atoms with E-state index in [0.717, 1.165) is 40.8 Å². The fraction of sp³-hybridized carbons (Fsp3) is 0.421. The molecule has 4 nitrogen and oxygen atoms in total. The molecule has 1 aliphatic carbocycles. The Morgan fingerprint density at radius 1 is 1.21 bits per heavy atom. The van der Waals surface area contributed by atoms with Crippen LogP contribution in [0.25, 0.3) is 0 Å². The number of hydrogen-bond donors (Lipinski definition) is 1. The quantitative estimate of drug-likeness (QED) is 0.850. The lowest BCUT2D eigenvalue weighted by Gasteiger charge is -2.26. The van der Waals surface area contributed by atoms with Crippen LogP contribution in [-0.2, 0) is 17.6 Å². The smallest absolute Gasteiger partial charge is 0.231 e. The molecule has 3 aliphatic rings. The topological polar surface area (TPSA) is 47.6 Å². The average molecular weight is 341 g/mol. The molecule has 124 valence electrons. The molecular weight excluding hydrogens is 322 g/mol. The van der Waals surface area contributed by atoms with Gasteiger partial charge in [-0.3, -0.25) is 4.79 Å². The number of carbonyl (C=O) groups is 1. The normalized spacial score (nSPS) is 24.3. The first-order valence-electron chi connectivity index (χ1n) is 8.53. The summed E-state index contributed by atoms with van der Waals surface area (Å²) in [5, 5.41) is 4.17. The lowest BCUT2D eigenvalue weighted by molar-refractivity contribution is -0.116. The average Bonchev–Trinajstić information content (AvgIpc) is 3.16. The molecule has 5 rings (SSSR count). The van der Waals surface area contributed by atoms with Crippen molar-refractivity contribution in [1.29, 1.82) is 0 Å². The van der Waals surface area contributed by atoms with Crippen molar-refractivity contribution in [1.82, 2.24) is 0 Å². The van der Waals surface area contributed by atoms with Crippen molar-refractivity contribution >= 4 is 22.2 Å². The van der Waals surface area contributed by atoms with Gasteiger partial charge in [-0.2, -0.15) is 0 Å². The van der Waals surface area contributed by atoms with Gasteiger partial charge in [0.15, 0.2) is 11.5 Å². The van der Waals surface area contributed by atoms with E-state index >= 15 is 0 Å². The zero-order chi connectivity index (χ0) is 16.3. The predicted octanol–water partition coefficient (Wildman–Crippen LogP) is 4.08. The van der Waals surface area contributed by atoms with Crippen LogP contribution in [0.15, 0.2) is 18.2 Å². The van der Waals surface area contributed by atoms with Gasteiger partial charge in [-0.25, -0.2) is 0 Å². The fourth-order valence-electron chi connectivity index (χ4n) is 4.12. The molecule has 0 saturated heterocycles. The number of amides is 1. The molecular formula is C19H19NO3S. The molecule has 3 heterocycles. The summed E-state index contributed by atoms with van der Waals surface area (Å²) >= 11 is 1.78. The van der Waals surface area contributed by atoms with Gasteiger partial charge in [0.05, 0.1) is 5.00 Å². The molecule has 0 bridgehead atoms. The summed E-state index contributed by atoms with van der Waals surface area (Å²) < 4.78 is 11.0. The van der Waals surface area contributed by atoms with Crippen LogP contribution in [0.3, 0.4) is 0 Å². The van der Waals surface area contributed by atoms with Crippen molar-refractivity contribution in [2.24, 2.45) is 5.92 Å². The SMILES string of the molecule is C[C@@H]1CCc2c(sc3c2[C@H](c2ccc4c(c2)OCO4)CC(=O)N3)C1. The lowest BCUT2D eigenvalue weighted by Crippen LogP contribution is -2.23. The first-order valence-corrected chi connectivity index (χ1v) is 9.34. The number of hydrogen-bond acceptors (Lipinski definition) is 4. The Bertz CT molecular complexity index is 841. The van der Waals surface area contributed by atoms with Crippen molar-refractivity contribution in [2.75, 3.05) is 12.1 Å².